The van der Waals surface area contributed by atoms with E-state index in [4.69, 9.17) is 9.47 Å². The Bertz CT molecular complexity index is 765. The first-order chi connectivity index (χ1) is 13.0. The van der Waals surface area contributed by atoms with Gasteiger partial charge in [0.1, 0.15) is 5.75 Å². The minimum absolute atomic E-state index is 0.0434. The van der Waals surface area contributed by atoms with Crippen molar-refractivity contribution in [2.75, 3.05) is 45.9 Å². The molecule has 5 nitrogen and oxygen atoms in total. The number of methoxy groups -OCH3 is 1. The number of nitrogens with one attached hydrogen (secondary N) is 1. The van der Waals surface area contributed by atoms with Gasteiger partial charge >= 0.3 is 0 Å². The molecule has 0 bridgehead atoms. The molecule has 0 atom stereocenters. The molecule has 1 N–H and O–H groups in total. The summed E-state index contributed by atoms with van der Waals surface area (Å²) in [5.41, 5.74) is 2.80. The van der Waals surface area contributed by atoms with Crippen LogP contribution < -0.4 is 15.0 Å². The monoisotopic (exact) mass is 368 g/mol. The lowest BCUT2D eigenvalue weighted by atomic mass is 9.74. The van der Waals surface area contributed by atoms with E-state index in [-0.39, 0.29) is 11.3 Å². The summed E-state index contributed by atoms with van der Waals surface area (Å²) in [6.07, 6.45) is 1.77. The summed E-state index contributed by atoms with van der Waals surface area (Å²) in [6, 6.07) is 15.8. The van der Waals surface area contributed by atoms with Gasteiger partial charge in [-0.1, -0.05) is 18.2 Å². The largest absolute Gasteiger partial charge is 0.497 e. The third kappa shape index (κ3) is 4.42. The van der Waals surface area contributed by atoms with E-state index < -0.39 is 0 Å². The van der Waals surface area contributed by atoms with E-state index in [2.05, 4.69) is 17.4 Å². The number of ether oxygens (including phenoxy) is 2. The highest BCUT2D eigenvalue weighted by Gasteiger charge is 2.35. The smallest absolute Gasteiger partial charge is 0.251 e. The maximum atomic E-state index is 12.8. The van der Waals surface area contributed by atoms with E-state index in [0.717, 1.165) is 24.3 Å². The van der Waals surface area contributed by atoms with Crippen molar-refractivity contribution in [3.8, 4) is 5.75 Å². The Balaban J connectivity index is 1.76. The van der Waals surface area contributed by atoms with Gasteiger partial charge in [-0.3, -0.25) is 4.79 Å². The number of anilines is 1. The van der Waals surface area contributed by atoms with Gasteiger partial charge in [-0.2, -0.15) is 0 Å². The summed E-state index contributed by atoms with van der Waals surface area (Å²) < 4.78 is 10.9. The molecule has 1 fully saturated rings. The molecule has 0 unspecified atom stereocenters. The fraction of sp³-hybridized carbons (Fsp3) is 0.409. The van der Waals surface area contributed by atoms with E-state index in [1.54, 1.807) is 7.11 Å². The molecule has 2 aromatic rings. The van der Waals surface area contributed by atoms with Crippen molar-refractivity contribution >= 4 is 11.6 Å². The second-order valence-electron chi connectivity index (χ2n) is 7.25. The Labute approximate surface area is 161 Å². The van der Waals surface area contributed by atoms with Gasteiger partial charge in [0.05, 0.1) is 7.11 Å². The number of amides is 1. The first-order valence-electron chi connectivity index (χ1n) is 9.32. The average molecular weight is 368 g/mol. The van der Waals surface area contributed by atoms with E-state index in [1.165, 1.54) is 5.56 Å². The molecule has 5 heteroatoms. The third-order valence-electron chi connectivity index (χ3n) is 5.36. The summed E-state index contributed by atoms with van der Waals surface area (Å²) in [5, 5.41) is 3.16. The van der Waals surface area contributed by atoms with E-state index in [1.807, 2.05) is 55.4 Å². The maximum absolute atomic E-state index is 12.8. The lowest BCUT2D eigenvalue weighted by Gasteiger charge is -2.38. The molecule has 0 aromatic heterocycles. The molecule has 0 aliphatic carbocycles. The molecule has 1 saturated heterocycles. The molecule has 1 heterocycles. The first-order valence-corrected chi connectivity index (χ1v) is 9.32. The first kappa shape index (κ1) is 19.2. The van der Waals surface area contributed by atoms with Gasteiger partial charge in [0, 0.05) is 50.5 Å². The summed E-state index contributed by atoms with van der Waals surface area (Å²) >= 11 is 0. The van der Waals surface area contributed by atoms with Crippen LogP contribution in [-0.4, -0.2) is 46.9 Å². The molecule has 1 aliphatic heterocycles. The highest BCUT2D eigenvalue weighted by molar-refractivity contribution is 5.95. The Morgan fingerprint density at radius 2 is 1.85 bits per heavy atom. The van der Waals surface area contributed by atoms with Crippen molar-refractivity contribution in [2.45, 2.75) is 18.3 Å². The van der Waals surface area contributed by atoms with Crippen LogP contribution in [0.15, 0.2) is 48.5 Å². The molecule has 1 amide bonds. The van der Waals surface area contributed by atoms with Crippen LogP contribution >= 0.6 is 0 Å². The van der Waals surface area contributed by atoms with Crippen LogP contribution in [0.4, 0.5) is 5.69 Å². The van der Waals surface area contributed by atoms with Crippen molar-refractivity contribution in [1.82, 2.24) is 5.32 Å². The fourth-order valence-corrected chi connectivity index (χ4v) is 3.55. The zero-order valence-electron chi connectivity index (χ0n) is 16.3. The van der Waals surface area contributed by atoms with Gasteiger partial charge in [-0.05, 0) is 48.7 Å². The lowest BCUT2D eigenvalue weighted by molar-refractivity contribution is 0.0487. The van der Waals surface area contributed by atoms with Gasteiger partial charge < -0.3 is 19.7 Å². The average Bonchev–Trinajstić information content (AvgIpc) is 2.73. The van der Waals surface area contributed by atoms with Crippen LogP contribution in [0.2, 0.25) is 0 Å². The molecular formula is C22H28N2O3. The van der Waals surface area contributed by atoms with E-state index in [9.17, 15) is 4.79 Å². The molecule has 1 aliphatic rings. The predicted molar refractivity (Wildman–Crippen MR) is 108 cm³/mol. The van der Waals surface area contributed by atoms with Crippen LogP contribution in [-0.2, 0) is 10.2 Å². The fourth-order valence-electron chi connectivity index (χ4n) is 3.55. The molecule has 0 spiro atoms. The molecule has 144 valence electrons. The summed E-state index contributed by atoms with van der Waals surface area (Å²) in [5.74, 6) is 0.795. The molecule has 3 rings (SSSR count). The predicted octanol–water partition coefficient (Wildman–Crippen LogP) is 3.24. The van der Waals surface area contributed by atoms with Crippen molar-refractivity contribution in [3.63, 3.8) is 0 Å². The van der Waals surface area contributed by atoms with Crippen molar-refractivity contribution in [2.24, 2.45) is 0 Å². The van der Waals surface area contributed by atoms with Crippen LogP contribution in [0.5, 0.6) is 5.75 Å². The molecular weight excluding hydrogens is 340 g/mol. The number of carbonyl (C=O) groups is 1. The molecule has 2 aromatic carbocycles. The minimum Gasteiger partial charge on any atom is -0.497 e. The summed E-state index contributed by atoms with van der Waals surface area (Å²) in [4.78, 5) is 14.7. The van der Waals surface area contributed by atoms with Crippen LogP contribution in [0, 0.1) is 0 Å². The Hall–Kier alpha value is -2.53. The van der Waals surface area contributed by atoms with E-state index in [0.29, 0.717) is 25.3 Å². The number of hydrogen-bond donors (Lipinski definition) is 1. The highest BCUT2D eigenvalue weighted by Crippen LogP contribution is 2.35. The highest BCUT2D eigenvalue weighted by atomic mass is 16.5. The second kappa shape index (κ2) is 8.44. The lowest BCUT2D eigenvalue weighted by Crippen LogP contribution is -2.44. The van der Waals surface area contributed by atoms with Crippen molar-refractivity contribution in [3.05, 3.63) is 59.7 Å². The Kier molecular flexibility index (Phi) is 6.01. The van der Waals surface area contributed by atoms with Gasteiger partial charge in [0.15, 0.2) is 0 Å². The second-order valence-corrected chi connectivity index (χ2v) is 7.25. The normalized spacial score (nSPS) is 15.8. The maximum Gasteiger partial charge on any atom is 0.251 e. The summed E-state index contributed by atoms with van der Waals surface area (Å²) in [7, 11) is 5.61. The van der Waals surface area contributed by atoms with Gasteiger partial charge in [-0.15, -0.1) is 0 Å². The zero-order valence-corrected chi connectivity index (χ0v) is 16.3. The van der Waals surface area contributed by atoms with Crippen molar-refractivity contribution in [1.29, 1.82) is 0 Å². The third-order valence-corrected chi connectivity index (χ3v) is 5.36. The number of benzene rings is 2. The number of rotatable bonds is 6. The number of carbonyl (C=O) groups excluding carboxylic acids is 1. The number of nitrogens with zero attached hydrogens (tertiary/aromatic N) is 1. The quantitative estimate of drug-likeness (QED) is 0.850. The van der Waals surface area contributed by atoms with Gasteiger partial charge in [0.2, 0.25) is 0 Å². The van der Waals surface area contributed by atoms with Crippen LogP contribution in [0.3, 0.4) is 0 Å². The van der Waals surface area contributed by atoms with Crippen LogP contribution in [0.25, 0.3) is 0 Å². The van der Waals surface area contributed by atoms with Crippen molar-refractivity contribution < 1.29 is 14.3 Å². The van der Waals surface area contributed by atoms with Crippen LogP contribution in [0.1, 0.15) is 28.8 Å². The summed E-state index contributed by atoms with van der Waals surface area (Å²) in [6.45, 7) is 2.00. The van der Waals surface area contributed by atoms with Gasteiger partial charge in [-0.25, -0.2) is 0 Å². The molecule has 27 heavy (non-hydrogen) atoms. The number of hydrogen-bond acceptors (Lipinski definition) is 4. The Morgan fingerprint density at radius 1 is 1.15 bits per heavy atom. The molecule has 0 saturated carbocycles. The minimum atomic E-state index is -0.112. The van der Waals surface area contributed by atoms with E-state index >= 15 is 0 Å². The zero-order chi connectivity index (χ0) is 19.3. The standard InChI is InChI=1S/C22H28N2O3/c1-24(2)19-6-4-5-17(15-19)21(25)23-16-22(11-13-27-14-12-22)18-7-9-20(26-3)10-8-18/h4-10,15H,11-14,16H2,1-3H3,(H,23,25). The SMILES string of the molecule is COc1ccc(C2(CNC(=O)c3cccc(N(C)C)c3)CCOCC2)cc1. The van der Waals surface area contributed by atoms with Gasteiger partial charge in [0.25, 0.3) is 5.91 Å². The molecule has 0 radical (unpaired) electrons. The Morgan fingerprint density at radius 3 is 2.48 bits per heavy atom. The topological polar surface area (TPSA) is 50.8 Å².